The predicted molar refractivity (Wildman–Crippen MR) is 187 cm³/mol. The van der Waals surface area contributed by atoms with Crippen LogP contribution in [-0.4, -0.2) is 45.7 Å². The third-order valence-corrected chi connectivity index (χ3v) is 8.35. The first-order chi connectivity index (χ1) is 22.2. The summed E-state index contributed by atoms with van der Waals surface area (Å²) in [5, 5.41) is 0. The third kappa shape index (κ3) is 7.35. The molecule has 1 fully saturated rings. The van der Waals surface area contributed by atoms with Crippen LogP contribution in [0.1, 0.15) is 57.1 Å². The van der Waals surface area contributed by atoms with Crippen molar-refractivity contribution >= 4 is 11.6 Å². The van der Waals surface area contributed by atoms with Gasteiger partial charge in [-0.05, 0) is 103 Å². The van der Waals surface area contributed by atoms with Crippen LogP contribution in [0.3, 0.4) is 0 Å². The molecule has 5 aromatic rings. The van der Waals surface area contributed by atoms with Gasteiger partial charge in [0.05, 0.1) is 11.4 Å². The van der Waals surface area contributed by atoms with Crippen LogP contribution >= 0.6 is 0 Å². The Balaban J connectivity index is 1.17. The van der Waals surface area contributed by atoms with Crippen molar-refractivity contribution in [2.45, 2.75) is 52.1 Å². The molecule has 0 aliphatic carbocycles. The van der Waals surface area contributed by atoms with Crippen LogP contribution in [0.5, 0.6) is 17.2 Å². The summed E-state index contributed by atoms with van der Waals surface area (Å²) in [6.07, 6.45) is 5.23. The van der Waals surface area contributed by atoms with Gasteiger partial charge in [-0.2, -0.15) is 0 Å². The maximum absolute atomic E-state index is 6.33. The van der Waals surface area contributed by atoms with E-state index in [1.807, 2.05) is 66.5 Å². The Kier molecular flexibility index (Phi) is 9.26. The van der Waals surface area contributed by atoms with E-state index in [9.17, 15) is 0 Å². The number of anilines is 2. The quantitative estimate of drug-likeness (QED) is 0.144. The molecule has 6 rings (SSSR count). The lowest BCUT2D eigenvalue weighted by Gasteiger charge is -2.18. The smallest absolute Gasteiger partial charge is 0.145 e. The maximum atomic E-state index is 6.33. The first-order valence-electron chi connectivity index (χ1n) is 16.1. The lowest BCUT2D eigenvalue weighted by atomic mass is 9.94. The summed E-state index contributed by atoms with van der Waals surface area (Å²) >= 11 is 0. The second-order valence-corrected chi connectivity index (χ2v) is 12.8. The second kappa shape index (κ2) is 13.7. The summed E-state index contributed by atoms with van der Waals surface area (Å²) < 4.78 is 14.4. The van der Waals surface area contributed by atoms with Gasteiger partial charge < -0.3 is 18.9 Å². The zero-order valence-corrected chi connectivity index (χ0v) is 27.6. The summed E-state index contributed by atoms with van der Waals surface area (Å²) in [5.41, 5.74) is 12.9. The number of hydrogen-bond acceptors (Lipinski definition) is 7. The molecule has 0 radical (unpaired) electrons. The summed E-state index contributed by atoms with van der Waals surface area (Å²) in [5.74, 6) is 4.57. The van der Waals surface area contributed by atoms with Gasteiger partial charge in [0.1, 0.15) is 35.0 Å². The number of nitrogens with zero attached hydrogens (tertiary/aromatic N) is 4. The standard InChI is InChI=1S/C38H44N6O2/c1-25(2)33-21-27(45-29-17-19-43(5)23-29)13-15-31(33)35-9-7-11-37(39-35)41-42-38-12-8-10-36(40-38)32-16-14-28(22-34(32)26(3)4)46-30-18-20-44(6)24-30/h7-17,19,21-23,25-26,30H,18,20,24H2,1-6H3,(H,39,41)(H,40,42). The number of hydrazine groups is 1. The minimum atomic E-state index is 0.240. The van der Waals surface area contributed by atoms with Gasteiger partial charge in [-0.25, -0.2) is 9.97 Å². The topological polar surface area (TPSA) is 76.5 Å². The second-order valence-electron chi connectivity index (χ2n) is 12.8. The van der Waals surface area contributed by atoms with E-state index >= 15 is 0 Å². The molecule has 3 aromatic heterocycles. The van der Waals surface area contributed by atoms with E-state index in [1.165, 1.54) is 11.1 Å². The number of rotatable bonds is 11. The summed E-state index contributed by atoms with van der Waals surface area (Å²) in [7, 11) is 4.13. The van der Waals surface area contributed by atoms with Crippen molar-refractivity contribution in [2.24, 2.45) is 7.05 Å². The highest BCUT2D eigenvalue weighted by molar-refractivity contribution is 5.69. The van der Waals surface area contributed by atoms with Crippen LogP contribution in [-0.2, 0) is 7.05 Å². The maximum Gasteiger partial charge on any atom is 0.145 e. The molecule has 0 amide bonds. The molecule has 8 nitrogen and oxygen atoms in total. The number of aryl methyl sites for hydroxylation is 1. The van der Waals surface area contributed by atoms with Crippen molar-refractivity contribution in [3.05, 3.63) is 102 Å². The predicted octanol–water partition coefficient (Wildman–Crippen LogP) is 8.71. The van der Waals surface area contributed by atoms with Crippen LogP contribution in [0.2, 0.25) is 0 Å². The third-order valence-electron chi connectivity index (χ3n) is 8.35. The van der Waals surface area contributed by atoms with E-state index in [-0.39, 0.29) is 6.10 Å². The molecule has 4 heterocycles. The van der Waals surface area contributed by atoms with Gasteiger partial charge in [-0.1, -0.05) is 39.8 Å². The van der Waals surface area contributed by atoms with Gasteiger partial charge in [0.15, 0.2) is 0 Å². The fourth-order valence-corrected chi connectivity index (χ4v) is 5.93. The number of aromatic nitrogens is 3. The Labute approximate surface area is 272 Å². The van der Waals surface area contributed by atoms with Crippen molar-refractivity contribution in [2.75, 3.05) is 31.0 Å². The van der Waals surface area contributed by atoms with E-state index < -0.39 is 0 Å². The molecule has 2 N–H and O–H groups in total. The number of ether oxygens (including phenoxy) is 2. The molecule has 8 heteroatoms. The molecule has 0 bridgehead atoms. The molecule has 0 saturated carbocycles. The van der Waals surface area contributed by atoms with E-state index in [0.29, 0.717) is 23.5 Å². The lowest BCUT2D eigenvalue weighted by Crippen LogP contribution is -2.21. The average Bonchev–Trinajstić information content (AvgIpc) is 3.66. The van der Waals surface area contributed by atoms with Crippen LogP contribution in [0.4, 0.5) is 11.6 Å². The van der Waals surface area contributed by atoms with Crippen molar-refractivity contribution in [3.63, 3.8) is 0 Å². The first-order valence-corrected chi connectivity index (χ1v) is 16.1. The molecule has 2 aromatic carbocycles. The molecule has 0 spiro atoms. The Morgan fingerprint density at radius 3 is 1.83 bits per heavy atom. The van der Waals surface area contributed by atoms with Crippen molar-refractivity contribution in [1.82, 2.24) is 19.4 Å². The number of pyridine rings is 2. The van der Waals surface area contributed by atoms with E-state index in [0.717, 1.165) is 59.3 Å². The fraction of sp³-hybridized carbons (Fsp3) is 0.316. The number of likely N-dealkylation sites (tertiary alicyclic amines) is 1. The lowest BCUT2D eigenvalue weighted by molar-refractivity contribution is 0.208. The number of benzene rings is 2. The highest BCUT2D eigenvalue weighted by Crippen LogP contribution is 2.35. The van der Waals surface area contributed by atoms with Crippen LogP contribution in [0.25, 0.3) is 22.5 Å². The van der Waals surface area contributed by atoms with E-state index in [1.54, 1.807) is 0 Å². The first kappa shape index (κ1) is 31.2. The molecular formula is C38H44N6O2. The number of hydrogen-bond donors (Lipinski definition) is 2. The van der Waals surface area contributed by atoms with Gasteiger partial charge in [-0.3, -0.25) is 10.9 Å². The molecule has 1 saturated heterocycles. The largest absolute Gasteiger partial charge is 0.489 e. The molecule has 1 unspecified atom stereocenters. The molecule has 1 atom stereocenters. The van der Waals surface area contributed by atoms with Crippen LogP contribution < -0.4 is 20.3 Å². The van der Waals surface area contributed by atoms with Gasteiger partial charge in [0.2, 0.25) is 0 Å². The average molecular weight is 617 g/mol. The zero-order chi connectivity index (χ0) is 32.2. The minimum absolute atomic E-state index is 0.240. The molecule has 1 aliphatic heterocycles. The number of likely N-dealkylation sites (N-methyl/N-ethyl adjacent to an activating group) is 1. The van der Waals surface area contributed by atoms with Crippen LogP contribution in [0.15, 0.2) is 91.3 Å². The molecule has 46 heavy (non-hydrogen) atoms. The Bertz CT molecular complexity index is 1800. The monoisotopic (exact) mass is 616 g/mol. The van der Waals surface area contributed by atoms with Gasteiger partial charge >= 0.3 is 0 Å². The van der Waals surface area contributed by atoms with Gasteiger partial charge in [0.25, 0.3) is 0 Å². The zero-order valence-electron chi connectivity index (χ0n) is 27.6. The normalized spacial score (nSPS) is 15.0. The minimum Gasteiger partial charge on any atom is -0.489 e. The molecule has 1 aliphatic rings. The number of nitrogens with one attached hydrogen (secondary N) is 2. The Morgan fingerprint density at radius 2 is 1.30 bits per heavy atom. The Morgan fingerprint density at radius 1 is 0.717 bits per heavy atom. The van der Waals surface area contributed by atoms with Crippen LogP contribution in [0, 0.1) is 0 Å². The highest BCUT2D eigenvalue weighted by Gasteiger charge is 2.22. The van der Waals surface area contributed by atoms with Crippen molar-refractivity contribution in [1.29, 1.82) is 0 Å². The summed E-state index contributed by atoms with van der Waals surface area (Å²) in [4.78, 5) is 12.2. The van der Waals surface area contributed by atoms with Gasteiger partial charge in [0, 0.05) is 43.7 Å². The van der Waals surface area contributed by atoms with Gasteiger partial charge in [-0.15, -0.1) is 0 Å². The fourth-order valence-electron chi connectivity index (χ4n) is 5.93. The van der Waals surface area contributed by atoms with E-state index in [2.05, 4.69) is 86.9 Å². The summed E-state index contributed by atoms with van der Waals surface area (Å²) in [6, 6.07) is 26.6. The van der Waals surface area contributed by atoms with E-state index in [4.69, 9.17) is 19.4 Å². The Hall–Kier alpha value is -4.82. The molecule has 238 valence electrons. The van der Waals surface area contributed by atoms with Crippen molar-refractivity contribution in [3.8, 4) is 39.8 Å². The molecular weight excluding hydrogens is 572 g/mol. The highest BCUT2D eigenvalue weighted by atomic mass is 16.5. The van der Waals surface area contributed by atoms with Crippen molar-refractivity contribution < 1.29 is 9.47 Å². The SMILES string of the molecule is CC(C)c1cc(Oc2ccn(C)c2)ccc1-c1cccc(NNc2cccc(-c3ccc(OC4CCN(C)C4)cc3C(C)C)n2)n1. The summed E-state index contributed by atoms with van der Waals surface area (Å²) in [6.45, 7) is 10.8.